The summed E-state index contributed by atoms with van der Waals surface area (Å²) < 4.78 is 5.45. The van der Waals surface area contributed by atoms with E-state index in [9.17, 15) is 9.59 Å². The zero-order valence-corrected chi connectivity index (χ0v) is 16.4. The third-order valence-corrected chi connectivity index (χ3v) is 4.77. The monoisotopic (exact) mass is 365 g/mol. The Morgan fingerprint density at radius 2 is 1.63 bits per heavy atom. The van der Waals surface area contributed by atoms with Crippen molar-refractivity contribution in [2.24, 2.45) is 5.92 Å². The van der Waals surface area contributed by atoms with E-state index in [1.165, 1.54) is 10.5 Å². The fourth-order valence-electron chi connectivity index (χ4n) is 3.49. The van der Waals surface area contributed by atoms with Crippen LogP contribution in [0.25, 0.3) is 11.1 Å². The number of ether oxygens (including phenoxy) is 1. The minimum absolute atomic E-state index is 0.143. The van der Waals surface area contributed by atoms with Gasteiger partial charge in [-0.1, -0.05) is 61.5 Å². The van der Waals surface area contributed by atoms with Crippen LogP contribution in [-0.2, 0) is 16.0 Å². The number of rotatable bonds is 3. The van der Waals surface area contributed by atoms with Crippen LogP contribution in [0.1, 0.15) is 39.7 Å². The predicted octanol–water partition coefficient (Wildman–Crippen LogP) is 5.07. The molecule has 1 saturated heterocycles. The zero-order chi connectivity index (χ0) is 19.6. The lowest BCUT2D eigenvalue weighted by atomic mass is 9.98. The van der Waals surface area contributed by atoms with Crippen molar-refractivity contribution in [3.63, 3.8) is 0 Å². The van der Waals surface area contributed by atoms with E-state index in [0.29, 0.717) is 12.8 Å². The fourth-order valence-corrected chi connectivity index (χ4v) is 3.49. The number of hydrogen-bond acceptors (Lipinski definition) is 3. The Morgan fingerprint density at radius 1 is 1.04 bits per heavy atom. The summed E-state index contributed by atoms with van der Waals surface area (Å²) in [5.41, 5.74) is 2.81. The fraction of sp³-hybridized carbons (Fsp3) is 0.391. The summed E-state index contributed by atoms with van der Waals surface area (Å²) >= 11 is 0. The third-order valence-electron chi connectivity index (χ3n) is 4.77. The van der Waals surface area contributed by atoms with E-state index in [1.54, 1.807) is 0 Å². The molecular formula is C23H27NO3. The maximum Gasteiger partial charge on any atom is 0.417 e. The molecule has 27 heavy (non-hydrogen) atoms. The lowest BCUT2D eigenvalue weighted by molar-refractivity contribution is -0.130. The summed E-state index contributed by atoms with van der Waals surface area (Å²) in [7, 11) is 0. The number of benzene rings is 2. The lowest BCUT2D eigenvalue weighted by Crippen LogP contribution is -2.43. The van der Waals surface area contributed by atoms with Crippen molar-refractivity contribution in [3.8, 4) is 11.1 Å². The lowest BCUT2D eigenvalue weighted by Gasteiger charge is -2.27. The van der Waals surface area contributed by atoms with Crippen LogP contribution in [0.15, 0.2) is 54.6 Å². The minimum atomic E-state index is -0.620. The summed E-state index contributed by atoms with van der Waals surface area (Å²) in [6, 6.07) is 18.4. The summed E-state index contributed by atoms with van der Waals surface area (Å²) in [5, 5.41) is 0. The average Bonchev–Trinajstić information content (AvgIpc) is 2.89. The Labute approximate surface area is 161 Å². The molecular weight excluding hydrogens is 338 g/mol. The van der Waals surface area contributed by atoms with Crippen LogP contribution in [0.5, 0.6) is 0 Å². The van der Waals surface area contributed by atoms with Crippen molar-refractivity contribution in [1.82, 2.24) is 4.90 Å². The van der Waals surface area contributed by atoms with Gasteiger partial charge in [0.2, 0.25) is 5.91 Å². The Balaban J connectivity index is 1.75. The molecule has 2 amide bonds. The molecule has 4 heteroatoms. The van der Waals surface area contributed by atoms with Crippen molar-refractivity contribution in [2.45, 2.75) is 52.2 Å². The summed E-state index contributed by atoms with van der Waals surface area (Å²) in [5.74, 6) is -0.304. The molecule has 0 bridgehead atoms. The molecule has 2 aromatic rings. The molecule has 0 saturated carbocycles. The quantitative estimate of drug-likeness (QED) is 0.763. The molecule has 0 N–H and O–H groups in total. The highest BCUT2D eigenvalue weighted by molar-refractivity contribution is 5.95. The number of hydrogen-bond donors (Lipinski definition) is 0. The Hall–Kier alpha value is -2.62. The molecule has 1 unspecified atom stereocenters. The van der Waals surface area contributed by atoms with Gasteiger partial charge in [-0.3, -0.25) is 4.79 Å². The van der Waals surface area contributed by atoms with Gasteiger partial charge in [0.15, 0.2) is 0 Å². The predicted molar refractivity (Wildman–Crippen MR) is 106 cm³/mol. The van der Waals surface area contributed by atoms with Gasteiger partial charge in [0.1, 0.15) is 5.60 Å². The summed E-state index contributed by atoms with van der Waals surface area (Å²) in [6.45, 7) is 7.31. The highest BCUT2D eigenvalue weighted by Crippen LogP contribution is 2.29. The van der Waals surface area contributed by atoms with Gasteiger partial charge in [0.25, 0.3) is 0 Å². The summed E-state index contributed by atoms with van der Waals surface area (Å²) in [4.78, 5) is 26.4. The van der Waals surface area contributed by atoms with Crippen LogP contribution in [0.2, 0.25) is 0 Å². The first-order chi connectivity index (χ1) is 12.7. The number of carbonyl (C=O) groups excluding carboxylic acids is 2. The molecule has 3 rings (SSSR count). The van der Waals surface area contributed by atoms with Crippen molar-refractivity contribution in [1.29, 1.82) is 0 Å². The summed E-state index contributed by atoms with van der Waals surface area (Å²) in [6.07, 6.45) is 0.769. The Kier molecular flexibility index (Phi) is 5.36. The number of imide groups is 1. The number of amides is 2. The first kappa shape index (κ1) is 19.2. The zero-order valence-electron chi connectivity index (χ0n) is 16.4. The van der Waals surface area contributed by atoms with Crippen molar-refractivity contribution in [2.75, 3.05) is 0 Å². The van der Waals surface area contributed by atoms with E-state index in [4.69, 9.17) is 4.74 Å². The van der Waals surface area contributed by atoms with Crippen molar-refractivity contribution < 1.29 is 14.3 Å². The van der Waals surface area contributed by atoms with Gasteiger partial charge < -0.3 is 4.74 Å². The van der Waals surface area contributed by atoms with Crippen LogP contribution in [0.3, 0.4) is 0 Å². The molecule has 0 spiro atoms. The van der Waals surface area contributed by atoms with Crippen LogP contribution < -0.4 is 0 Å². The Bertz CT molecular complexity index is 806. The van der Waals surface area contributed by atoms with Gasteiger partial charge in [0.05, 0.1) is 0 Å². The first-order valence-electron chi connectivity index (χ1n) is 9.45. The highest BCUT2D eigenvalue weighted by Gasteiger charge is 2.42. The van der Waals surface area contributed by atoms with Gasteiger partial charge in [-0.05, 0) is 50.3 Å². The molecule has 1 heterocycles. The standard InChI is InChI=1S/C23H27NO3/c1-16-14-20(24(21(16)25)22(26)27-23(2,3)4)15-17-10-12-19(13-11-17)18-8-6-5-7-9-18/h5-13,16,20H,14-15H2,1-4H3/t16?,20-/m0/s1. The molecule has 4 nitrogen and oxygen atoms in total. The molecule has 2 aromatic carbocycles. The van der Waals surface area contributed by atoms with E-state index in [2.05, 4.69) is 36.4 Å². The topological polar surface area (TPSA) is 46.6 Å². The largest absolute Gasteiger partial charge is 0.443 e. The molecule has 1 aliphatic heterocycles. The Morgan fingerprint density at radius 3 is 2.22 bits per heavy atom. The highest BCUT2D eigenvalue weighted by atomic mass is 16.6. The van der Waals surface area contributed by atoms with E-state index >= 15 is 0 Å². The molecule has 0 radical (unpaired) electrons. The van der Waals surface area contributed by atoms with Gasteiger partial charge in [0, 0.05) is 12.0 Å². The maximum absolute atomic E-state index is 12.5. The molecule has 142 valence electrons. The van der Waals surface area contributed by atoms with E-state index in [-0.39, 0.29) is 17.9 Å². The third kappa shape index (κ3) is 4.57. The minimum Gasteiger partial charge on any atom is -0.443 e. The van der Waals surface area contributed by atoms with Crippen molar-refractivity contribution >= 4 is 12.0 Å². The van der Waals surface area contributed by atoms with Gasteiger partial charge in [-0.15, -0.1) is 0 Å². The number of likely N-dealkylation sites (tertiary alicyclic amines) is 1. The second-order valence-corrected chi connectivity index (χ2v) is 8.25. The molecule has 1 fully saturated rings. The van der Waals surface area contributed by atoms with Crippen LogP contribution in [-0.4, -0.2) is 28.5 Å². The second kappa shape index (κ2) is 7.55. The average molecular weight is 365 g/mol. The molecule has 2 atom stereocenters. The van der Waals surface area contributed by atoms with E-state index in [0.717, 1.165) is 11.1 Å². The van der Waals surface area contributed by atoms with Gasteiger partial charge in [-0.2, -0.15) is 0 Å². The number of nitrogens with zero attached hydrogens (tertiary/aromatic N) is 1. The van der Waals surface area contributed by atoms with Crippen molar-refractivity contribution in [3.05, 3.63) is 60.2 Å². The van der Waals surface area contributed by atoms with E-state index in [1.807, 2.05) is 45.9 Å². The molecule has 0 aromatic heterocycles. The second-order valence-electron chi connectivity index (χ2n) is 8.25. The van der Waals surface area contributed by atoms with Gasteiger partial charge in [-0.25, -0.2) is 9.69 Å². The number of carbonyl (C=O) groups is 2. The normalized spacial score (nSPS) is 20.0. The van der Waals surface area contributed by atoms with E-state index < -0.39 is 11.7 Å². The smallest absolute Gasteiger partial charge is 0.417 e. The van der Waals surface area contributed by atoms with Crippen LogP contribution >= 0.6 is 0 Å². The first-order valence-corrected chi connectivity index (χ1v) is 9.45. The van der Waals surface area contributed by atoms with Crippen LogP contribution in [0, 0.1) is 5.92 Å². The molecule has 0 aliphatic carbocycles. The van der Waals surface area contributed by atoms with Gasteiger partial charge >= 0.3 is 6.09 Å². The van der Waals surface area contributed by atoms with Crippen LogP contribution in [0.4, 0.5) is 4.79 Å². The molecule has 1 aliphatic rings. The SMILES string of the molecule is CC1C[C@@H](Cc2ccc(-c3ccccc3)cc2)N(C(=O)OC(C)(C)C)C1=O. The maximum atomic E-state index is 12.5.